The van der Waals surface area contributed by atoms with Crippen LogP contribution < -0.4 is 0 Å². The van der Waals surface area contributed by atoms with Crippen LogP contribution in [-0.2, 0) is 28.7 Å². The normalized spacial score (nSPS) is 18.0. The van der Waals surface area contributed by atoms with Crippen molar-refractivity contribution >= 4 is 23.8 Å². The number of aliphatic carboxylic acids is 1. The van der Waals surface area contributed by atoms with Gasteiger partial charge in [-0.05, 0) is 11.1 Å². The molecule has 0 radical (unpaired) electrons. The summed E-state index contributed by atoms with van der Waals surface area (Å²) < 4.78 is 9.46. The van der Waals surface area contributed by atoms with Crippen molar-refractivity contribution in [3.8, 4) is 0 Å². The molecule has 0 aromatic carbocycles. The van der Waals surface area contributed by atoms with E-state index in [0.29, 0.717) is 5.57 Å². The Labute approximate surface area is 139 Å². The summed E-state index contributed by atoms with van der Waals surface area (Å²) in [6.45, 7) is 9.70. The number of ether oxygens (including phenoxy) is 2. The molecule has 1 aliphatic heterocycles. The first-order valence-corrected chi connectivity index (χ1v) is 7.03. The summed E-state index contributed by atoms with van der Waals surface area (Å²) in [6, 6.07) is 0. The summed E-state index contributed by atoms with van der Waals surface area (Å²) in [5, 5.41) is 9.20. The number of carboxylic acid groups (broad SMARTS) is 1. The van der Waals surface area contributed by atoms with E-state index >= 15 is 0 Å². The van der Waals surface area contributed by atoms with Crippen molar-refractivity contribution in [2.24, 2.45) is 0 Å². The predicted molar refractivity (Wildman–Crippen MR) is 82.7 cm³/mol. The highest BCUT2D eigenvalue weighted by atomic mass is 16.6. The Kier molecular flexibility index (Phi) is 6.46. The van der Waals surface area contributed by atoms with Gasteiger partial charge in [0.2, 0.25) is 12.2 Å². The van der Waals surface area contributed by atoms with Crippen molar-refractivity contribution in [1.82, 2.24) is 4.90 Å². The van der Waals surface area contributed by atoms with Crippen LogP contribution in [0.15, 0.2) is 36.5 Å². The molecule has 1 saturated heterocycles. The summed E-state index contributed by atoms with van der Waals surface area (Å²) in [6.07, 6.45) is -0.492. The lowest BCUT2D eigenvalue weighted by molar-refractivity contribution is -0.183. The van der Waals surface area contributed by atoms with Crippen LogP contribution in [0.25, 0.3) is 0 Å². The largest absolute Gasteiger partial charge is 0.478 e. The van der Waals surface area contributed by atoms with Gasteiger partial charge in [0.1, 0.15) is 0 Å². The minimum atomic E-state index is -1.93. The van der Waals surface area contributed by atoms with E-state index in [2.05, 4.69) is 17.9 Å². The third-order valence-corrected chi connectivity index (χ3v) is 3.18. The second kappa shape index (κ2) is 8.09. The number of likely N-dealkylation sites (tertiary alicyclic amines) is 1. The zero-order chi connectivity index (χ0) is 18.4. The predicted octanol–water partition coefficient (Wildman–Crippen LogP) is 0.445. The molecule has 1 aliphatic rings. The van der Waals surface area contributed by atoms with E-state index in [1.54, 1.807) is 6.08 Å². The lowest BCUT2D eigenvalue weighted by Crippen LogP contribution is -2.50. The molecule has 2 atom stereocenters. The molecular weight excluding hydrogens is 318 g/mol. The van der Waals surface area contributed by atoms with E-state index in [1.807, 2.05) is 0 Å². The van der Waals surface area contributed by atoms with Gasteiger partial charge >= 0.3 is 17.9 Å². The number of allylic oxidation sites excluding steroid dienone is 2. The van der Waals surface area contributed by atoms with Crippen LogP contribution in [0, 0.1) is 0 Å². The molecule has 0 unspecified atom stereocenters. The second-order valence-corrected chi connectivity index (χ2v) is 5.12. The number of hydrogen-bond acceptors (Lipinski definition) is 6. The Balaban J connectivity index is 3.09. The van der Waals surface area contributed by atoms with Crippen molar-refractivity contribution < 1.29 is 33.8 Å². The molecule has 0 aromatic heterocycles. The molecule has 0 aromatic rings. The average molecular weight is 337 g/mol. The fourth-order valence-corrected chi connectivity index (χ4v) is 2.19. The van der Waals surface area contributed by atoms with Gasteiger partial charge < -0.3 is 19.5 Å². The number of amides is 1. The maximum Gasteiger partial charge on any atom is 0.349 e. The molecule has 24 heavy (non-hydrogen) atoms. The van der Waals surface area contributed by atoms with Gasteiger partial charge in [0.15, 0.2) is 0 Å². The van der Waals surface area contributed by atoms with Crippen LogP contribution >= 0.6 is 0 Å². The van der Waals surface area contributed by atoms with E-state index in [0.717, 1.165) is 19.4 Å². The minimum Gasteiger partial charge on any atom is -0.478 e. The van der Waals surface area contributed by atoms with Crippen LogP contribution in [0.5, 0.6) is 0 Å². The number of esters is 2. The first kappa shape index (κ1) is 19.1. The van der Waals surface area contributed by atoms with Crippen LogP contribution in [0.1, 0.15) is 13.8 Å². The van der Waals surface area contributed by atoms with Gasteiger partial charge in [0, 0.05) is 26.9 Å². The second-order valence-electron chi connectivity index (χ2n) is 5.12. The summed E-state index contributed by atoms with van der Waals surface area (Å²) >= 11 is 0. The van der Waals surface area contributed by atoms with Crippen LogP contribution in [0.2, 0.25) is 0 Å². The average Bonchev–Trinajstić information content (AvgIpc) is 2.83. The van der Waals surface area contributed by atoms with E-state index in [4.69, 9.17) is 4.74 Å². The Morgan fingerprint density at radius 1 is 1.12 bits per heavy atom. The summed E-state index contributed by atoms with van der Waals surface area (Å²) in [4.78, 5) is 47.5. The van der Waals surface area contributed by atoms with Gasteiger partial charge in [-0.25, -0.2) is 4.79 Å². The number of carbonyl (C=O) groups excluding carboxylic acids is 3. The van der Waals surface area contributed by atoms with Gasteiger partial charge in [0.25, 0.3) is 5.91 Å². The number of hydrogen-bond donors (Lipinski definition) is 1. The van der Waals surface area contributed by atoms with Crippen LogP contribution in [0.3, 0.4) is 0 Å². The zero-order valence-electron chi connectivity index (χ0n) is 13.5. The van der Waals surface area contributed by atoms with Gasteiger partial charge in [-0.2, -0.15) is 0 Å². The van der Waals surface area contributed by atoms with Gasteiger partial charge in [0.05, 0.1) is 0 Å². The Morgan fingerprint density at radius 2 is 1.67 bits per heavy atom. The number of carbonyl (C=O) groups is 4. The monoisotopic (exact) mass is 337 g/mol. The SMILES string of the molecule is C=C/C=C1/CN(C(=O)[C@H](OC(C)=O)[C@@H](OC(C)=O)C(=O)O)CC1=C. The Morgan fingerprint density at radius 3 is 2.12 bits per heavy atom. The molecule has 8 heteroatoms. The molecule has 0 saturated carbocycles. The molecule has 0 bridgehead atoms. The fourth-order valence-electron chi connectivity index (χ4n) is 2.19. The van der Waals surface area contributed by atoms with Gasteiger partial charge in [-0.15, -0.1) is 0 Å². The highest BCUT2D eigenvalue weighted by Gasteiger charge is 2.42. The maximum absolute atomic E-state index is 12.6. The van der Waals surface area contributed by atoms with Crippen molar-refractivity contribution in [2.45, 2.75) is 26.1 Å². The molecule has 1 fully saturated rings. The Bertz CT molecular complexity index is 620. The molecule has 1 rings (SSSR count). The van der Waals surface area contributed by atoms with Gasteiger partial charge in [-0.3, -0.25) is 14.4 Å². The van der Waals surface area contributed by atoms with Crippen molar-refractivity contribution in [3.05, 3.63) is 36.5 Å². The number of carboxylic acids is 1. The summed E-state index contributed by atoms with van der Waals surface area (Å²) in [5.74, 6) is -4.16. The lowest BCUT2D eigenvalue weighted by atomic mass is 10.1. The van der Waals surface area contributed by atoms with Crippen LogP contribution in [-0.4, -0.2) is 59.1 Å². The van der Waals surface area contributed by atoms with E-state index in [9.17, 15) is 24.3 Å². The first-order valence-electron chi connectivity index (χ1n) is 7.03. The van der Waals surface area contributed by atoms with Crippen molar-refractivity contribution in [3.63, 3.8) is 0 Å². The van der Waals surface area contributed by atoms with E-state index in [1.165, 1.54) is 11.0 Å². The molecular formula is C16H19NO7. The molecule has 1 amide bonds. The number of rotatable bonds is 6. The topological polar surface area (TPSA) is 110 Å². The quantitative estimate of drug-likeness (QED) is 0.700. The Hall–Kier alpha value is -2.90. The zero-order valence-corrected chi connectivity index (χ0v) is 13.5. The lowest BCUT2D eigenvalue weighted by Gasteiger charge is -2.26. The molecule has 0 aliphatic carbocycles. The number of nitrogens with zero attached hydrogens (tertiary/aromatic N) is 1. The third-order valence-electron chi connectivity index (χ3n) is 3.18. The van der Waals surface area contributed by atoms with E-state index in [-0.39, 0.29) is 13.1 Å². The molecule has 1 N–H and O–H groups in total. The first-order chi connectivity index (χ1) is 11.2. The summed E-state index contributed by atoms with van der Waals surface area (Å²) in [7, 11) is 0. The van der Waals surface area contributed by atoms with Crippen LogP contribution in [0.4, 0.5) is 0 Å². The molecule has 1 heterocycles. The van der Waals surface area contributed by atoms with Gasteiger partial charge in [-0.1, -0.05) is 25.3 Å². The minimum absolute atomic E-state index is 0.142. The fraction of sp³-hybridized carbons (Fsp3) is 0.375. The maximum atomic E-state index is 12.6. The highest BCUT2D eigenvalue weighted by molar-refractivity contribution is 5.91. The molecule has 0 spiro atoms. The highest BCUT2D eigenvalue weighted by Crippen LogP contribution is 2.22. The van der Waals surface area contributed by atoms with Crippen molar-refractivity contribution in [2.75, 3.05) is 13.1 Å². The summed E-state index contributed by atoms with van der Waals surface area (Å²) in [5.41, 5.74) is 1.41. The molecule has 8 nitrogen and oxygen atoms in total. The smallest absolute Gasteiger partial charge is 0.349 e. The van der Waals surface area contributed by atoms with Crippen molar-refractivity contribution in [1.29, 1.82) is 0 Å². The standard InChI is InChI=1S/C16H19NO7/c1-5-6-12-8-17(7-9(12)2)15(20)13(23-10(3)18)14(16(21)22)24-11(4)19/h5-6,13-14H,1-2,7-8H2,3-4H3,(H,21,22)/b12-6-/t13-,14-/m1/s1. The van der Waals surface area contributed by atoms with E-state index < -0.39 is 36.0 Å². The molecule has 130 valence electrons. The third kappa shape index (κ3) is 4.80.